The minimum atomic E-state index is -0.236. The Morgan fingerprint density at radius 1 is 1.08 bits per heavy atom. The maximum atomic E-state index is 13.2. The summed E-state index contributed by atoms with van der Waals surface area (Å²) in [6.45, 7) is 2.52. The lowest BCUT2D eigenvalue weighted by molar-refractivity contribution is 0.0896. The number of hydrogen-bond donors (Lipinski definition) is 2. The van der Waals surface area contributed by atoms with Gasteiger partial charge in [0.05, 0.1) is 23.9 Å². The highest BCUT2D eigenvalue weighted by molar-refractivity contribution is 6.01. The number of carbonyl (C=O) groups is 1. The second-order valence-electron chi connectivity index (χ2n) is 9.37. The zero-order valence-corrected chi connectivity index (χ0v) is 20.7. The Kier molecular flexibility index (Phi) is 7.30. The fraction of sp³-hybridized carbons (Fsp3) is 0.310. The van der Waals surface area contributed by atoms with Gasteiger partial charge in [0.15, 0.2) is 0 Å². The number of likely N-dealkylation sites (tertiary alicyclic amines) is 1. The highest BCUT2D eigenvalue weighted by atomic mass is 16.5. The molecule has 1 amide bonds. The monoisotopic (exact) mass is 484 g/mol. The Hall–Kier alpha value is -3.68. The minimum Gasteiger partial charge on any atom is -0.490 e. The van der Waals surface area contributed by atoms with Crippen LogP contribution in [0.15, 0.2) is 72.8 Å². The van der Waals surface area contributed by atoms with Crippen LogP contribution in [0.2, 0.25) is 0 Å². The smallest absolute Gasteiger partial charge is 0.251 e. The van der Waals surface area contributed by atoms with E-state index in [2.05, 4.69) is 27.5 Å². The van der Waals surface area contributed by atoms with E-state index in [4.69, 9.17) is 9.47 Å². The maximum Gasteiger partial charge on any atom is 0.251 e. The molecule has 0 bridgehead atoms. The number of rotatable bonds is 8. The average molecular weight is 485 g/mol. The third-order valence-corrected chi connectivity index (χ3v) is 6.76. The number of carbonyl (C=O) groups excluding carboxylic acids is 1. The number of methoxy groups -OCH3 is 1. The summed E-state index contributed by atoms with van der Waals surface area (Å²) in [7, 11) is 3.78. The molecular formula is C29H32N4O3. The van der Waals surface area contributed by atoms with Crippen molar-refractivity contribution in [2.24, 2.45) is 0 Å². The quantitative estimate of drug-likeness (QED) is 0.375. The number of aromatic amines is 1. The topological polar surface area (TPSA) is 79.5 Å². The molecule has 3 aromatic carbocycles. The van der Waals surface area contributed by atoms with Gasteiger partial charge in [-0.15, -0.1) is 0 Å². The number of fused-ring (bicyclic) bond motifs is 1. The molecule has 1 aliphatic rings. The molecule has 1 saturated heterocycles. The van der Waals surface area contributed by atoms with Crippen LogP contribution in [-0.4, -0.2) is 61.0 Å². The molecule has 7 heteroatoms. The fourth-order valence-corrected chi connectivity index (χ4v) is 4.68. The predicted octanol–water partition coefficient (Wildman–Crippen LogP) is 4.82. The van der Waals surface area contributed by atoms with Crippen molar-refractivity contribution < 1.29 is 14.3 Å². The number of piperidine rings is 1. The highest BCUT2D eigenvalue weighted by Crippen LogP contribution is 2.29. The number of amides is 1. The molecule has 0 aliphatic carbocycles. The molecule has 2 heterocycles. The van der Waals surface area contributed by atoms with Gasteiger partial charge in [-0.1, -0.05) is 30.3 Å². The van der Waals surface area contributed by atoms with Crippen LogP contribution in [0.5, 0.6) is 5.75 Å². The third-order valence-electron chi connectivity index (χ3n) is 6.76. The van der Waals surface area contributed by atoms with E-state index < -0.39 is 0 Å². The lowest BCUT2D eigenvalue weighted by atomic mass is 10.0. The summed E-state index contributed by atoms with van der Waals surface area (Å²) in [5.74, 6) is 0.718. The standard InChI is InChI=1S/C29H32N4O3/c1-33-16-14-24(15-17-33)36-23-11-8-21(9-12-23)28-25-18-22(10-13-26(25)31-32-28)29(34)30-27(19-35-2)20-6-4-3-5-7-20/h3-13,18,24,27H,14-17,19H2,1-2H3,(H,30,34)(H,31,32). The van der Waals surface area contributed by atoms with E-state index in [1.54, 1.807) is 7.11 Å². The molecule has 186 valence electrons. The van der Waals surface area contributed by atoms with Crippen molar-refractivity contribution in [1.82, 2.24) is 20.4 Å². The van der Waals surface area contributed by atoms with Gasteiger partial charge in [-0.3, -0.25) is 9.89 Å². The van der Waals surface area contributed by atoms with E-state index in [-0.39, 0.29) is 18.1 Å². The number of ether oxygens (including phenoxy) is 2. The van der Waals surface area contributed by atoms with Gasteiger partial charge in [-0.2, -0.15) is 5.10 Å². The number of hydrogen-bond acceptors (Lipinski definition) is 5. The summed E-state index contributed by atoms with van der Waals surface area (Å²) in [6.07, 6.45) is 2.35. The Balaban J connectivity index is 1.33. The number of aromatic nitrogens is 2. The molecule has 36 heavy (non-hydrogen) atoms. The van der Waals surface area contributed by atoms with Crippen molar-refractivity contribution in [1.29, 1.82) is 0 Å². The second-order valence-corrected chi connectivity index (χ2v) is 9.37. The van der Waals surface area contributed by atoms with Crippen molar-refractivity contribution in [2.45, 2.75) is 25.0 Å². The van der Waals surface area contributed by atoms with E-state index in [9.17, 15) is 4.79 Å². The van der Waals surface area contributed by atoms with Gasteiger partial charge >= 0.3 is 0 Å². The molecule has 1 aliphatic heterocycles. The van der Waals surface area contributed by atoms with Crippen LogP contribution in [0, 0.1) is 0 Å². The number of nitrogens with one attached hydrogen (secondary N) is 2. The molecule has 0 spiro atoms. The molecule has 2 N–H and O–H groups in total. The van der Waals surface area contributed by atoms with Crippen LogP contribution in [-0.2, 0) is 4.74 Å². The normalized spacial score (nSPS) is 15.6. The molecule has 1 aromatic heterocycles. The van der Waals surface area contributed by atoms with Gasteiger partial charge in [-0.05, 0) is 67.9 Å². The molecule has 0 saturated carbocycles. The average Bonchev–Trinajstić information content (AvgIpc) is 3.34. The first-order valence-electron chi connectivity index (χ1n) is 12.4. The molecule has 5 rings (SSSR count). The van der Waals surface area contributed by atoms with Gasteiger partial charge in [0.2, 0.25) is 0 Å². The van der Waals surface area contributed by atoms with E-state index in [1.165, 1.54) is 0 Å². The molecule has 4 aromatic rings. The van der Waals surface area contributed by atoms with Crippen molar-refractivity contribution in [2.75, 3.05) is 33.9 Å². The Labute approximate surface area is 211 Å². The first kappa shape index (κ1) is 24.0. The molecule has 1 unspecified atom stereocenters. The molecule has 1 fully saturated rings. The number of benzene rings is 3. The zero-order valence-electron chi connectivity index (χ0n) is 20.7. The summed E-state index contributed by atoms with van der Waals surface area (Å²) in [6, 6.07) is 23.3. The van der Waals surface area contributed by atoms with E-state index >= 15 is 0 Å². The Morgan fingerprint density at radius 2 is 1.83 bits per heavy atom. The summed E-state index contributed by atoms with van der Waals surface area (Å²) in [5.41, 5.74) is 4.23. The molecular weight excluding hydrogens is 452 g/mol. The van der Waals surface area contributed by atoms with E-state index in [0.717, 1.165) is 59.4 Å². The lowest BCUT2D eigenvalue weighted by Crippen LogP contribution is -2.35. The largest absolute Gasteiger partial charge is 0.490 e. The predicted molar refractivity (Wildman–Crippen MR) is 141 cm³/mol. The molecule has 7 nitrogen and oxygen atoms in total. The minimum absolute atomic E-state index is 0.156. The van der Waals surface area contributed by atoms with Crippen LogP contribution < -0.4 is 10.1 Å². The van der Waals surface area contributed by atoms with Crippen LogP contribution >= 0.6 is 0 Å². The van der Waals surface area contributed by atoms with Crippen LogP contribution in [0.25, 0.3) is 22.2 Å². The van der Waals surface area contributed by atoms with Crippen molar-refractivity contribution >= 4 is 16.8 Å². The number of nitrogens with zero attached hydrogens (tertiary/aromatic N) is 2. The summed E-state index contributed by atoms with van der Waals surface area (Å²) < 4.78 is 11.5. The van der Waals surface area contributed by atoms with Crippen molar-refractivity contribution in [3.63, 3.8) is 0 Å². The van der Waals surface area contributed by atoms with Gasteiger partial charge in [0, 0.05) is 36.7 Å². The van der Waals surface area contributed by atoms with Crippen LogP contribution in [0.3, 0.4) is 0 Å². The first-order chi connectivity index (χ1) is 17.6. The lowest BCUT2D eigenvalue weighted by Gasteiger charge is -2.29. The summed E-state index contributed by atoms with van der Waals surface area (Å²) in [4.78, 5) is 15.5. The summed E-state index contributed by atoms with van der Waals surface area (Å²) >= 11 is 0. The maximum absolute atomic E-state index is 13.2. The second kappa shape index (κ2) is 10.9. The van der Waals surface area contributed by atoms with E-state index in [0.29, 0.717) is 12.2 Å². The highest BCUT2D eigenvalue weighted by Gasteiger charge is 2.19. The van der Waals surface area contributed by atoms with E-state index in [1.807, 2.05) is 72.8 Å². The van der Waals surface area contributed by atoms with Crippen molar-refractivity contribution in [3.8, 4) is 17.0 Å². The molecule has 0 radical (unpaired) electrons. The van der Waals surface area contributed by atoms with Crippen LogP contribution in [0.1, 0.15) is 34.8 Å². The van der Waals surface area contributed by atoms with Gasteiger partial charge in [0.25, 0.3) is 5.91 Å². The van der Waals surface area contributed by atoms with Crippen LogP contribution in [0.4, 0.5) is 0 Å². The Morgan fingerprint density at radius 3 is 2.56 bits per heavy atom. The summed E-state index contributed by atoms with van der Waals surface area (Å²) in [5, 5.41) is 11.6. The fourth-order valence-electron chi connectivity index (χ4n) is 4.68. The first-order valence-corrected chi connectivity index (χ1v) is 12.4. The third kappa shape index (κ3) is 5.42. The van der Waals surface area contributed by atoms with Gasteiger partial charge in [-0.25, -0.2) is 0 Å². The molecule has 1 atom stereocenters. The van der Waals surface area contributed by atoms with Gasteiger partial charge in [0.1, 0.15) is 11.9 Å². The van der Waals surface area contributed by atoms with Gasteiger partial charge < -0.3 is 19.7 Å². The zero-order chi connectivity index (χ0) is 24.9. The number of H-pyrrole nitrogens is 1. The SMILES string of the molecule is COCC(NC(=O)c1ccc2[nH]nc(-c3ccc(OC4CCN(C)CC4)cc3)c2c1)c1ccccc1. The Bertz CT molecular complexity index is 1300. The van der Waals surface area contributed by atoms with Crippen molar-refractivity contribution in [3.05, 3.63) is 83.9 Å².